The number of anilines is 1. The van der Waals surface area contributed by atoms with Crippen molar-refractivity contribution in [1.29, 1.82) is 0 Å². The van der Waals surface area contributed by atoms with Gasteiger partial charge >= 0.3 is 0 Å². The van der Waals surface area contributed by atoms with Crippen LogP contribution in [0.3, 0.4) is 0 Å². The highest BCUT2D eigenvalue weighted by Gasteiger charge is 2.18. The van der Waals surface area contributed by atoms with Crippen molar-refractivity contribution in [1.82, 2.24) is 15.0 Å². The largest absolute Gasteiger partial charge is 0.366 e. The van der Waals surface area contributed by atoms with Crippen molar-refractivity contribution in [3.63, 3.8) is 0 Å². The van der Waals surface area contributed by atoms with Crippen LogP contribution in [0.25, 0.3) is 0 Å². The molecule has 154 valence electrons. The zero-order valence-corrected chi connectivity index (χ0v) is 17.0. The molecule has 0 unspecified atom stereocenters. The van der Waals surface area contributed by atoms with Crippen molar-refractivity contribution in [3.8, 4) is 0 Å². The van der Waals surface area contributed by atoms with Crippen LogP contribution in [0.2, 0.25) is 0 Å². The molecule has 6 heteroatoms. The van der Waals surface area contributed by atoms with Crippen LogP contribution in [0.1, 0.15) is 38.5 Å². The molecule has 0 aliphatic heterocycles. The molecule has 1 amide bonds. The molecule has 0 saturated carbocycles. The van der Waals surface area contributed by atoms with Gasteiger partial charge in [-0.25, -0.2) is 4.98 Å². The molecule has 0 radical (unpaired) electrons. The molecule has 0 bridgehead atoms. The molecule has 0 saturated heterocycles. The third kappa shape index (κ3) is 5.11. The van der Waals surface area contributed by atoms with Crippen LogP contribution < -0.4 is 11.1 Å². The van der Waals surface area contributed by atoms with Gasteiger partial charge in [0.2, 0.25) is 5.91 Å². The first-order valence-corrected chi connectivity index (χ1v) is 10.1. The third-order valence-corrected chi connectivity index (χ3v) is 5.16. The zero-order valence-electron chi connectivity index (χ0n) is 17.0. The molecule has 1 aromatic carbocycles. The van der Waals surface area contributed by atoms with Crippen molar-refractivity contribution in [2.75, 3.05) is 5.32 Å². The van der Waals surface area contributed by atoms with Gasteiger partial charge in [0.25, 0.3) is 0 Å². The predicted molar refractivity (Wildman–Crippen MR) is 121 cm³/mol. The Morgan fingerprint density at radius 3 is 2.26 bits per heavy atom. The minimum Gasteiger partial charge on any atom is -0.366 e. The summed E-state index contributed by atoms with van der Waals surface area (Å²) in [5, 5.41) is 3.41. The van der Waals surface area contributed by atoms with E-state index in [9.17, 15) is 4.79 Å². The van der Waals surface area contributed by atoms with Gasteiger partial charge in [-0.05, 0) is 59.0 Å². The molecule has 0 atom stereocenters. The van der Waals surface area contributed by atoms with Crippen molar-refractivity contribution in [3.05, 3.63) is 119 Å². The van der Waals surface area contributed by atoms with Gasteiger partial charge in [0.15, 0.2) is 0 Å². The van der Waals surface area contributed by atoms with E-state index in [2.05, 4.69) is 38.5 Å². The molecule has 4 rings (SSSR count). The van der Waals surface area contributed by atoms with E-state index in [0.29, 0.717) is 12.1 Å². The van der Waals surface area contributed by atoms with E-state index in [0.717, 1.165) is 34.5 Å². The lowest BCUT2D eigenvalue weighted by atomic mass is 9.87. The number of amides is 1. The Balaban J connectivity index is 1.58. The minimum absolute atomic E-state index is 0.102. The summed E-state index contributed by atoms with van der Waals surface area (Å²) < 4.78 is 0. The van der Waals surface area contributed by atoms with E-state index in [4.69, 9.17) is 5.73 Å². The van der Waals surface area contributed by atoms with E-state index in [1.165, 1.54) is 0 Å². The Kier molecular flexibility index (Phi) is 6.28. The molecular weight excluding hydrogens is 386 g/mol. The van der Waals surface area contributed by atoms with Gasteiger partial charge in [0.1, 0.15) is 5.82 Å². The second-order valence-electron chi connectivity index (χ2n) is 7.26. The SMILES string of the molecule is NC(=O)c1cccc(CNc2ncccc2CC(c2cccnc2)c2cccnc2)c1. The number of primary amides is 1. The molecule has 4 aromatic rings. The van der Waals surface area contributed by atoms with Gasteiger partial charge < -0.3 is 11.1 Å². The highest BCUT2D eigenvalue weighted by molar-refractivity contribution is 5.92. The first-order chi connectivity index (χ1) is 15.2. The first-order valence-electron chi connectivity index (χ1n) is 10.1. The number of aromatic nitrogens is 3. The molecule has 0 aliphatic carbocycles. The number of carbonyl (C=O) groups excluding carboxylic acids is 1. The number of carbonyl (C=O) groups is 1. The standard InChI is InChI=1S/C25H23N5O/c26-24(31)19-6-1-5-18(13-19)15-30-25-20(7-4-12-29-25)14-23(21-8-2-10-27-16-21)22-9-3-11-28-17-22/h1-13,16-17,23H,14-15H2,(H2,26,31)(H,29,30). The number of pyridine rings is 3. The van der Waals surface area contributed by atoms with Gasteiger partial charge in [0.05, 0.1) is 0 Å². The average molecular weight is 409 g/mol. The smallest absolute Gasteiger partial charge is 0.248 e. The number of benzene rings is 1. The molecule has 3 aromatic heterocycles. The number of nitrogens with one attached hydrogen (secondary N) is 1. The Hall–Kier alpha value is -4.06. The Bertz CT molecular complexity index is 1110. The predicted octanol–water partition coefficient (Wildman–Crippen LogP) is 3.96. The lowest BCUT2D eigenvalue weighted by molar-refractivity contribution is 0.1000. The van der Waals surface area contributed by atoms with Crippen LogP contribution in [0, 0.1) is 0 Å². The van der Waals surface area contributed by atoms with E-state index in [-0.39, 0.29) is 5.92 Å². The van der Waals surface area contributed by atoms with Crippen molar-refractivity contribution in [2.24, 2.45) is 5.73 Å². The molecule has 0 spiro atoms. The number of rotatable bonds is 8. The summed E-state index contributed by atoms with van der Waals surface area (Å²) in [6, 6.07) is 19.4. The van der Waals surface area contributed by atoms with E-state index in [1.54, 1.807) is 30.7 Å². The lowest BCUT2D eigenvalue weighted by Gasteiger charge is -2.19. The lowest BCUT2D eigenvalue weighted by Crippen LogP contribution is -2.12. The van der Waals surface area contributed by atoms with Crippen molar-refractivity contribution < 1.29 is 4.79 Å². The van der Waals surface area contributed by atoms with Gasteiger partial charge in [-0.3, -0.25) is 14.8 Å². The molecular formula is C25H23N5O. The normalized spacial score (nSPS) is 10.7. The summed E-state index contributed by atoms with van der Waals surface area (Å²) in [5.41, 5.74) is 10.2. The topological polar surface area (TPSA) is 93.8 Å². The summed E-state index contributed by atoms with van der Waals surface area (Å²) in [6.07, 6.45) is 9.87. The highest BCUT2D eigenvalue weighted by atomic mass is 16.1. The molecule has 3 heterocycles. The maximum atomic E-state index is 11.5. The van der Waals surface area contributed by atoms with Crippen LogP contribution in [0.15, 0.2) is 91.6 Å². The van der Waals surface area contributed by atoms with Crippen molar-refractivity contribution in [2.45, 2.75) is 18.9 Å². The second-order valence-corrected chi connectivity index (χ2v) is 7.26. The quantitative estimate of drug-likeness (QED) is 0.459. The number of nitrogens with two attached hydrogens (primary N) is 1. The Labute approximate surface area is 181 Å². The summed E-state index contributed by atoms with van der Waals surface area (Å²) in [7, 11) is 0. The Morgan fingerprint density at radius 2 is 1.61 bits per heavy atom. The maximum Gasteiger partial charge on any atom is 0.248 e. The summed E-state index contributed by atoms with van der Waals surface area (Å²) in [5.74, 6) is 0.478. The molecule has 0 fully saturated rings. The fraction of sp³-hybridized carbons (Fsp3) is 0.120. The maximum absolute atomic E-state index is 11.5. The van der Waals surface area contributed by atoms with Crippen LogP contribution in [0.4, 0.5) is 5.82 Å². The van der Waals surface area contributed by atoms with Crippen LogP contribution in [0.5, 0.6) is 0 Å². The fourth-order valence-electron chi connectivity index (χ4n) is 3.60. The van der Waals surface area contributed by atoms with E-state index < -0.39 is 5.91 Å². The second kappa shape index (κ2) is 9.63. The van der Waals surface area contributed by atoms with Gasteiger partial charge in [-0.1, -0.05) is 30.3 Å². The third-order valence-electron chi connectivity index (χ3n) is 5.16. The molecule has 31 heavy (non-hydrogen) atoms. The molecule has 0 aliphatic rings. The van der Waals surface area contributed by atoms with Gasteiger partial charge in [-0.15, -0.1) is 0 Å². The average Bonchev–Trinajstić information content (AvgIpc) is 2.83. The van der Waals surface area contributed by atoms with Gasteiger partial charge in [0, 0.05) is 49.0 Å². The molecule has 3 N–H and O–H groups in total. The van der Waals surface area contributed by atoms with Crippen molar-refractivity contribution >= 4 is 11.7 Å². The Morgan fingerprint density at radius 1 is 0.903 bits per heavy atom. The summed E-state index contributed by atoms with van der Waals surface area (Å²) in [6.45, 7) is 0.537. The van der Waals surface area contributed by atoms with Crippen LogP contribution in [-0.2, 0) is 13.0 Å². The first kappa shape index (κ1) is 20.2. The number of hydrogen-bond acceptors (Lipinski definition) is 5. The number of hydrogen-bond donors (Lipinski definition) is 2. The van der Waals surface area contributed by atoms with E-state index in [1.807, 2.05) is 42.7 Å². The minimum atomic E-state index is -0.434. The number of nitrogens with zero attached hydrogens (tertiary/aromatic N) is 3. The summed E-state index contributed by atoms with van der Waals surface area (Å²) >= 11 is 0. The fourth-order valence-corrected chi connectivity index (χ4v) is 3.60. The van der Waals surface area contributed by atoms with Crippen LogP contribution in [-0.4, -0.2) is 20.9 Å². The van der Waals surface area contributed by atoms with Crippen LogP contribution >= 0.6 is 0 Å². The highest BCUT2D eigenvalue weighted by Crippen LogP contribution is 2.29. The molecule has 6 nitrogen and oxygen atoms in total. The van der Waals surface area contributed by atoms with Gasteiger partial charge in [-0.2, -0.15) is 0 Å². The van der Waals surface area contributed by atoms with E-state index >= 15 is 0 Å². The zero-order chi connectivity index (χ0) is 21.5. The monoisotopic (exact) mass is 409 g/mol. The summed E-state index contributed by atoms with van der Waals surface area (Å²) in [4.78, 5) is 24.6.